The first-order valence-corrected chi connectivity index (χ1v) is 11.1. The van der Waals surface area contributed by atoms with Crippen LogP contribution in [0.25, 0.3) is 6.08 Å². The molecule has 0 N–H and O–H groups in total. The number of carbonyl (C=O) groups is 3. The summed E-state index contributed by atoms with van der Waals surface area (Å²) in [5, 5.41) is 10.7. The first-order chi connectivity index (χ1) is 16.9. The molecule has 2 amide bonds. The van der Waals surface area contributed by atoms with Crippen molar-refractivity contribution in [1.29, 1.82) is 0 Å². The molecule has 9 nitrogen and oxygen atoms in total. The molecule has 4 rings (SSSR count). The Balaban J connectivity index is 1.44. The Kier molecular flexibility index (Phi) is 6.93. The van der Waals surface area contributed by atoms with Crippen molar-refractivity contribution < 1.29 is 28.8 Å². The first-order valence-electron chi connectivity index (χ1n) is 10.3. The Morgan fingerprint density at radius 1 is 1.00 bits per heavy atom. The molecule has 1 fully saturated rings. The predicted octanol–water partition coefficient (Wildman–Crippen LogP) is 5.06. The van der Waals surface area contributed by atoms with Crippen molar-refractivity contribution in [2.45, 2.75) is 6.54 Å². The van der Waals surface area contributed by atoms with Gasteiger partial charge in [-0.05, 0) is 59.8 Å². The minimum atomic E-state index is -0.548. The maximum atomic E-state index is 12.8. The number of nitro groups is 1. The van der Waals surface area contributed by atoms with Crippen LogP contribution in [-0.2, 0) is 11.3 Å². The number of hydrogen-bond donors (Lipinski definition) is 0. The van der Waals surface area contributed by atoms with Gasteiger partial charge >= 0.3 is 5.97 Å². The third-order valence-electron chi connectivity index (χ3n) is 5.10. The molecule has 10 heteroatoms. The van der Waals surface area contributed by atoms with Gasteiger partial charge in [0, 0.05) is 11.6 Å². The molecule has 1 aliphatic rings. The number of amides is 2. The lowest BCUT2D eigenvalue weighted by molar-refractivity contribution is -0.385. The monoisotopic (exact) mass is 490 g/mol. The number of methoxy groups -OCH3 is 1. The zero-order valence-electron chi connectivity index (χ0n) is 18.4. The van der Waals surface area contributed by atoms with E-state index in [9.17, 15) is 24.5 Å². The van der Waals surface area contributed by atoms with Gasteiger partial charge in [0.1, 0.15) is 11.5 Å². The highest BCUT2D eigenvalue weighted by molar-refractivity contribution is 8.18. The van der Waals surface area contributed by atoms with Crippen molar-refractivity contribution in [3.05, 3.63) is 105 Å². The van der Waals surface area contributed by atoms with Crippen LogP contribution >= 0.6 is 11.8 Å². The fraction of sp³-hybridized carbons (Fsp3) is 0.0800. The van der Waals surface area contributed by atoms with Crippen molar-refractivity contribution >= 4 is 40.6 Å². The summed E-state index contributed by atoms with van der Waals surface area (Å²) < 4.78 is 10.4. The first kappa shape index (κ1) is 23.7. The average molecular weight is 490 g/mol. The van der Waals surface area contributed by atoms with Crippen LogP contribution in [0.5, 0.6) is 11.5 Å². The van der Waals surface area contributed by atoms with E-state index < -0.39 is 22.0 Å². The van der Waals surface area contributed by atoms with Gasteiger partial charge in [-0.15, -0.1) is 0 Å². The topological polar surface area (TPSA) is 116 Å². The molecule has 0 spiro atoms. The van der Waals surface area contributed by atoms with Gasteiger partial charge in [0.25, 0.3) is 16.8 Å². The molecular formula is C25H18N2O7S. The Bertz CT molecular complexity index is 1330. The van der Waals surface area contributed by atoms with Crippen LogP contribution in [-0.4, -0.2) is 34.0 Å². The largest absolute Gasteiger partial charge is 0.497 e. The summed E-state index contributed by atoms with van der Waals surface area (Å²) in [5.74, 6) is -0.130. The highest BCUT2D eigenvalue weighted by atomic mass is 32.2. The van der Waals surface area contributed by atoms with Crippen LogP contribution in [0.1, 0.15) is 21.5 Å². The number of para-hydroxylation sites is 1. The smallest absolute Gasteiger partial charge is 0.343 e. The summed E-state index contributed by atoms with van der Waals surface area (Å²) in [4.78, 5) is 49.4. The normalized spacial score (nSPS) is 14.3. The number of esters is 1. The highest BCUT2D eigenvalue weighted by Crippen LogP contribution is 2.34. The van der Waals surface area contributed by atoms with Crippen molar-refractivity contribution in [1.82, 2.24) is 4.90 Å². The number of thioether (sulfide) groups is 1. The van der Waals surface area contributed by atoms with Crippen molar-refractivity contribution in [2.75, 3.05) is 7.11 Å². The van der Waals surface area contributed by atoms with Crippen LogP contribution in [0, 0.1) is 10.1 Å². The number of hydrogen-bond acceptors (Lipinski definition) is 8. The van der Waals surface area contributed by atoms with Gasteiger partial charge in [-0.1, -0.05) is 30.3 Å². The fourth-order valence-corrected chi connectivity index (χ4v) is 4.14. The minimum Gasteiger partial charge on any atom is -0.497 e. The van der Waals surface area contributed by atoms with E-state index in [0.717, 1.165) is 16.7 Å². The van der Waals surface area contributed by atoms with Crippen molar-refractivity contribution in [3.8, 4) is 11.5 Å². The van der Waals surface area contributed by atoms with E-state index in [1.807, 2.05) is 0 Å². The van der Waals surface area contributed by atoms with Gasteiger partial charge in [0.2, 0.25) is 0 Å². The van der Waals surface area contributed by atoms with Gasteiger partial charge in [0.15, 0.2) is 0 Å². The molecule has 35 heavy (non-hydrogen) atoms. The number of ether oxygens (including phenoxy) is 2. The molecule has 1 heterocycles. The predicted molar refractivity (Wildman–Crippen MR) is 129 cm³/mol. The molecule has 0 atom stereocenters. The number of carbonyl (C=O) groups excluding carboxylic acids is 3. The lowest BCUT2D eigenvalue weighted by Crippen LogP contribution is -2.27. The molecular weight excluding hydrogens is 472 g/mol. The molecule has 3 aromatic rings. The third kappa shape index (κ3) is 5.39. The molecule has 1 saturated heterocycles. The van der Waals surface area contributed by atoms with Crippen LogP contribution in [0.4, 0.5) is 10.5 Å². The molecule has 0 saturated carbocycles. The summed E-state index contributed by atoms with van der Waals surface area (Å²) in [7, 11) is 1.53. The van der Waals surface area contributed by atoms with Crippen molar-refractivity contribution in [2.24, 2.45) is 0 Å². The molecule has 0 radical (unpaired) electrons. The summed E-state index contributed by atoms with van der Waals surface area (Å²) in [6.45, 7) is -0.195. The van der Waals surface area contributed by atoms with E-state index in [2.05, 4.69) is 0 Å². The number of benzene rings is 3. The molecule has 0 unspecified atom stereocenters. The zero-order valence-corrected chi connectivity index (χ0v) is 19.2. The second-order valence-electron chi connectivity index (χ2n) is 7.34. The SMILES string of the molecule is COc1ccc(C(=O)Oc2ccc(/C=C3/SC(=O)N(Cc4ccccc4[N+](=O)[O-])C3=O)cc2)cc1. The number of imide groups is 1. The Morgan fingerprint density at radius 3 is 2.31 bits per heavy atom. The standard InChI is InChI=1S/C25H18N2O7S/c1-33-19-12-8-17(9-13-19)24(29)34-20-10-6-16(7-11-20)14-22-23(28)26(25(30)35-22)15-18-4-2-3-5-21(18)27(31)32/h2-14H,15H2,1H3/b22-14+. The molecule has 176 valence electrons. The Labute approximate surface area is 204 Å². The summed E-state index contributed by atoms with van der Waals surface area (Å²) >= 11 is 0.758. The van der Waals surface area contributed by atoms with E-state index in [1.165, 1.54) is 25.3 Å². The van der Waals surface area contributed by atoms with Crippen LogP contribution in [0.3, 0.4) is 0 Å². The third-order valence-corrected chi connectivity index (χ3v) is 6.01. The quantitative estimate of drug-likeness (QED) is 0.148. The summed E-state index contributed by atoms with van der Waals surface area (Å²) in [5.41, 5.74) is 1.09. The van der Waals surface area contributed by atoms with Gasteiger partial charge in [-0.2, -0.15) is 0 Å². The molecule has 0 aromatic heterocycles. The van der Waals surface area contributed by atoms with E-state index >= 15 is 0 Å². The zero-order chi connectivity index (χ0) is 24.9. The van der Waals surface area contributed by atoms with Gasteiger partial charge in [-0.3, -0.25) is 24.6 Å². The van der Waals surface area contributed by atoms with E-state index in [4.69, 9.17) is 9.47 Å². The molecule has 0 aliphatic carbocycles. The van der Waals surface area contributed by atoms with E-state index in [0.29, 0.717) is 22.6 Å². The number of rotatable bonds is 7. The van der Waals surface area contributed by atoms with Crippen LogP contribution in [0.15, 0.2) is 77.7 Å². The van der Waals surface area contributed by atoms with Crippen LogP contribution < -0.4 is 9.47 Å². The fourth-order valence-electron chi connectivity index (χ4n) is 3.31. The Morgan fingerprint density at radius 2 is 1.66 bits per heavy atom. The van der Waals surface area contributed by atoms with Gasteiger partial charge in [0.05, 0.1) is 29.0 Å². The van der Waals surface area contributed by atoms with E-state index in [-0.39, 0.29) is 22.7 Å². The highest BCUT2D eigenvalue weighted by Gasteiger charge is 2.36. The molecule has 1 aliphatic heterocycles. The van der Waals surface area contributed by atoms with Crippen LogP contribution in [0.2, 0.25) is 0 Å². The lowest BCUT2D eigenvalue weighted by atomic mass is 10.1. The molecule has 3 aromatic carbocycles. The van der Waals surface area contributed by atoms with Gasteiger partial charge < -0.3 is 9.47 Å². The minimum absolute atomic E-state index is 0.157. The molecule has 0 bridgehead atoms. The summed E-state index contributed by atoms with van der Waals surface area (Å²) in [6.07, 6.45) is 1.54. The van der Waals surface area contributed by atoms with Gasteiger partial charge in [-0.25, -0.2) is 4.79 Å². The second kappa shape index (κ2) is 10.2. The van der Waals surface area contributed by atoms with Crippen molar-refractivity contribution in [3.63, 3.8) is 0 Å². The maximum Gasteiger partial charge on any atom is 0.343 e. The number of nitro benzene ring substituents is 1. The average Bonchev–Trinajstić information content (AvgIpc) is 3.12. The Hall–Kier alpha value is -4.44. The summed E-state index contributed by atoms with van der Waals surface area (Å²) in [6, 6.07) is 18.9. The lowest BCUT2D eigenvalue weighted by Gasteiger charge is -2.12. The second-order valence-corrected chi connectivity index (χ2v) is 8.33. The maximum absolute atomic E-state index is 12.8. The number of nitrogens with zero attached hydrogens (tertiary/aromatic N) is 2. The van der Waals surface area contributed by atoms with E-state index in [1.54, 1.807) is 60.7 Å².